The third-order valence-corrected chi connectivity index (χ3v) is 4.48. The van der Waals surface area contributed by atoms with Gasteiger partial charge >= 0.3 is 0 Å². The zero-order chi connectivity index (χ0) is 13.6. The second-order valence-electron chi connectivity index (χ2n) is 5.04. The molecule has 5 nitrogen and oxygen atoms in total. The number of carbonyl (C=O) groups excluding carboxylic acids is 2. The molecule has 2 amide bonds. The van der Waals surface area contributed by atoms with E-state index in [1.165, 1.54) is 6.07 Å². The minimum atomic E-state index is -0.698. The van der Waals surface area contributed by atoms with Crippen molar-refractivity contribution in [2.45, 2.75) is 30.8 Å². The third-order valence-electron chi connectivity index (χ3n) is 3.85. The summed E-state index contributed by atoms with van der Waals surface area (Å²) in [4.78, 5) is 24.2. The summed E-state index contributed by atoms with van der Waals surface area (Å²) in [5, 5.41) is 15.1. The van der Waals surface area contributed by atoms with Crippen LogP contribution in [0.25, 0.3) is 0 Å². The number of hydrogen-bond donors (Lipinski definition) is 3. The highest BCUT2D eigenvalue weighted by atomic mass is 79.9. The molecule has 0 bridgehead atoms. The molecule has 1 aliphatic heterocycles. The van der Waals surface area contributed by atoms with Crippen molar-refractivity contribution in [1.82, 2.24) is 10.6 Å². The van der Waals surface area contributed by atoms with Crippen LogP contribution >= 0.6 is 15.9 Å². The van der Waals surface area contributed by atoms with Gasteiger partial charge in [-0.1, -0.05) is 6.07 Å². The van der Waals surface area contributed by atoms with Gasteiger partial charge in [0, 0.05) is 0 Å². The van der Waals surface area contributed by atoms with E-state index in [1.54, 1.807) is 12.1 Å². The van der Waals surface area contributed by atoms with E-state index in [9.17, 15) is 14.7 Å². The minimum Gasteiger partial charge on any atom is -0.507 e. The Hall–Kier alpha value is -1.56. The molecule has 1 saturated heterocycles. The first-order valence-corrected chi connectivity index (χ1v) is 6.93. The molecule has 1 aliphatic carbocycles. The molecule has 2 aliphatic rings. The maximum absolute atomic E-state index is 12.1. The Morgan fingerprint density at radius 3 is 2.63 bits per heavy atom. The highest BCUT2D eigenvalue weighted by Crippen LogP contribution is 2.36. The largest absolute Gasteiger partial charge is 0.507 e. The molecule has 19 heavy (non-hydrogen) atoms. The van der Waals surface area contributed by atoms with E-state index in [1.807, 2.05) is 0 Å². The second-order valence-corrected chi connectivity index (χ2v) is 5.90. The Balaban J connectivity index is 1.88. The summed E-state index contributed by atoms with van der Waals surface area (Å²) >= 11 is 3.20. The van der Waals surface area contributed by atoms with Crippen molar-refractivity contribution in [2.75, 3.05) is 0 Å². The summed E-state index contributed by atoms with van der Waals surface area (Å²) in [5.74, 6) is -0.216. The lowest BCUT2D eigenvalue weighted by Crippen LogP contribution is -2.69. The van der Waals surface area contributed by atoms with Gasteiger partial charge in [-0.2, -0.15) is 0 Å². The van der Waals surface area contributed by atoms with Crippen LogP contribution in [0.1, 0.15) is 30.9 Å². The lowest BCUT2D eigenvalue weighted by molar-refractivity contribution is -0.145. The molecule has 3 rings (SSSR count). The van der Waals surface area contributed by atoms with Crippen molar-refractivity contribution in [1.29, 1.82) is 0 Å². The number of hydrogen-bond acceptors (Lipinski definition) is 3. The SMILES string of the molecule is O=C1NC2(CCC2)C(=O)NC1c1ccc(O)c(Br)c1. The number of nitrogens with one attached hydrogen (secondary N) is 2. The summed E-state index contributed by atoms with van der Waals surface area (Å²) in [6.07, 6.45) is 2.37. The van der Waals surface area contributed by atoms with Crippen LogP contribution in [-0.4, -0.2) is 22.5 Å². The molecule has 0 radical (unpaired) electrons. The topological polar surface area (TPSA) is 78.4 Å². The van der Waals surface area contributed by atoms with Gasteiger partial charge in [0.1, 0.15) is 17.3 Å². The zero-order valence-electron chi connectivity index (χ0n) is 10.1. The summed E-state index contributed by atoms with van der Waals surface area (Å²) in [5.41, 5.74) is -0.0356. The van der Waals surface area contributed by atoms with Crippen molar-refractivity contribution in [3.8, 4) is 5.75 Å². The van der Waals surface area contributed by atoms with E-state index in [-0.39, 0.29) is 17.6 Å². The molecule has 2 fully saturated rings. The van der Waals surface area contributed by atoms with Crippen LogP contribution in [-0.2, 0) is 9.59 Å². The van der Waals surface area contributed by atoms with E-state index in [0.29, 0.717) is 22.9 Å². The molecule has 1 saturated carbocycles. The molecule has 1 atom stereocenters. The number of amides is 2. The maximum Gasteiger partial charge on any atom is 0.248 e. The van der Waals surface area contributed by atoms with Crippen LogP contribution in [0.15, 0.2) is 22.7 Å². The predicted octanol–water partition coefficient (Wildman–Crippen LogP) is 1.36. The quantitative estimate of drug-likeness (QED) is 0.730. The lowest BCUT2D eigenvalue weighted by atomic mass is 9.74. The van der Waals surface area contributed by atoms with Gasteiger partial charge in [-0.25, -0.2) is 0 Å². The maximum atomic E-state index is 12.1. The van der Waals surface area contributed by atoms with Crippen molar-refractivity contribution < 1.29 is 14.7 Å². The van der Waals surface area contributed by atoms with Crippen LogP contribution < -0.4 is 10.6 Å². The smallest absolute Gasteiger partial charge is 0.248 e. The van der Waals surface area contributed by atoms with E-state index in [2.05, 4.69) is 26.6 Å². The van der Waals surface area contributed by atoms with E-state index < -0.39 is 11.6 Å². The van der Waals surface area contributed by atoms with Crippen LogP contribution in [0.2, 0.25) is 0 Å². The highest BCUT2D eigenvalue weighted by Gasteiger charge is 2.50. The summed E-state index contributed by atoms with van der Waals surface area (Å²) in [6, 6.07) is 4.06. The van der Waals surface area contributed by atoms with Gasteiger partial charge < -0.3 is 15.7 Å². The van der Waals surface area contributed by atoms with Crippen LogP contribution in [0.4, 0.5) is 0 Å². The molecule has 100 valence electrons. The van der Waals surface area contributed by atoms with E-state index >= 15 is 0 Å². The fourth-order valence-corrected chi connectivity index (χ4v) is 2.92. The van der Waals surface area contributed by atoms with Gasteiger partial charge in [0.15, 0.2) is 0 Å². The second kappa shape index (κ2) is 4.23. The van der Waals surface area contributed by atoms with Crippen LogP contribution in [0.3, 0.4) is 0 Å². The Kier molecular flexibility index (Phi) is 2.78. The van der Waals surface area contributed by atoms with Gasteiger partial charge in [-0.05, 0) is 52.9 Å². The van der Waals surface area contributed by atoms with Gasteiger partial charge in [-0.3, -0.25) is 9.59 Å². The first kappa shape index (κ1) is 12.5. The molecule has 1 unspecified atom stereocenters. The van der Waals surface area contributed by atoms with Crippen molar-refractivity contribution >= 4 is 27.7 Å². The van der Waals surface area contributed by atoms with Crippen LogP contribution in [0.5, 0.6) is 5.75 Å². The Labute approximate surface area is 118 Å². The van der Waals surface area contributed by atoms with Crippen molar-refractivity contribution in [3.63, 3.8) is 0 Å². The Bertz CT molecular complexity index is 569. The normalized spacial score (nSPS) is 24.6. The summed E-state index contributed by atoms with van der Waals surface area (Å²) < 4.78 is 0.496. The van der Waals surface area contributed by atoms with Crippen LogP contribution in [0, 0.1) is 0 Å². The number of rotatable bonds is 1. The standard InChI is InChI=1S/C13H13BrN2O3/c14-8-6-7(2-3-9(8)17)10-11(18)16-13(4-1-5-13)12(19)15-10/h2-3,6,10,17H,1,4-5H2,(H,15,19)(H,16,18). The number of phenols is 1. The average molecular weight is 325 g/mol. The molecule has 6 heteroatoms. The highest BCUT2D eigenvalue weighted by molar-refractivity contribution is 9.10. The first-order valence-electron chi connectivity index (χ1n) is 6.13. The van der Waals surface area contributed by atoms with Gasteiger partial charge in [0.2, 0.25) is 11.8 Å². The van der Waals surface area contributed by atoms with Crippen molar-refractivity contribution in [3.05, 3.63) is 28.2 Å². The van der Waals surface area contributed by atoms with Crippen molar-refractivity contribution in [2.24, 2.45) is 0 Å². The Morgan fingerprint density at radius 2 is 2.05 bits per heavy atom. The van der Waals surface area contributed by atoms with E-state index in [0.717, 1.165) is 6.42 Å². The molecule has 1 aromatic carbocycles. The number of benzene rings is 1. The van der Waals surface area contributed by atoms with E-state index in [4.69, 9.17) is 0 Å². The minimum absolute atomic E-state index is 0.0988. The zero-order valence-corrected chi connectivity index (χ0v) is 11.7. The lowest BCUT2D eigenvalue weighted by Gasteiger charge is -2.45. The first-order chi connectivity index (χ1) is 9.02. The summed E-state index contributed by atoms with van der Waals surface area (Å²) in [7, 11) is 0. The number of carbonyl (C=O) groups is 2. The Morgan fingerprint density at radius 1 is 1.32 bits per heavy atom. The number of piperazine rings is 1. The van der Waals surface area contributed by atoms with Gasteiger partial charge in [0.25, 0.3) is 0 Å². The summed E-state index contributed by atoms with van der Waals surface area (Å²) in [6.45, 7) is 0. The molecular formula is C13H13BrN2O3. The molecular weight excluding hydrogens is 312 g/mol. The molecule has 1 aromatic rings. The predicted molar refractivity (Wildman–Crippen MR) is 71.4 cm³/mol. The van der Waals surface area contributed by atoms with Gasteiger partial charge in [0.05, 0.1) is 4.47 Å². The molecule has 1 spiro atoms. The average Bonchev–Trinajstić information content (AvgIpc) is 2.33. The fourth-order valence-electron chi connectivity index (χ4n) is 2.52. The third kappa shape index (κ3) is 1.90. The monoisotopic (exact) mass is 324 g/mol. The number of aromatic hydroxyl groups is 1. The number of halogens is 1. The molecule has 3 N–H and O–H groups in total. The van der Waals surface area contributed by atoms with Gasteiger partial charge in [-0.15, -0.1) is 0 Å². The molecule has 1 heterocycles. The molecule has 0 aromatic heterocycles. The number of phenolic OH excluding ortho intramolecular Hbond substituents is 1. The fraction of sp³-hybridized carbons (Fsp3) is 0.385.